The molecule has 0 bridgehead atoms. The monoisotopic (exact) mass is 558 g/mol. The van der Waals surface area contributed by atoms with E-state index in [0.717, 1.165) is 48.7 Å². The Morgan fingerprint density at radius 1 is 1.23 bits per heavy atom. The number of nitrogens with one attached hydrogen (secondary N) is 2. The van der Waals surface area contributed by atoms with Crippen molar-refractivity contribution in [1.29, 1.82) is 0 Å². The molecule has 1 atom stereocenters. The Labute approximate surface area is 207 Å². The lowest BCUT2D eigenvalue weighted by Gasteiger charge is -2.29. The van der Waals surface area contributed by atoms with Crippen molar-refractivity contribution in [1.82, 2.24) is 20.5 Å². The molecule has 9 heteroatoms. The predicted octanol–water partition coefficient (Wildman–Crippen LogP) is 3.73. The first-order valence-electron chi connectivity index (χ1n) is 10.6. The molecule has 0 amide bonds. The molecule has 172 valence electrons. The van der Waals surface area contributed by atoms with Crippen LogP contribution in [0.2, 0.25) is 0 Å². The summed E-state index contributed by atoms with van der Waals surface area (Å²) in [4.78, 5) is 14.0. The van der Waals surface area contributed by atoms with Crippen molar-refractivity contribution in [2.24, 2.45) is 4.99 Å². The van der Waals surface area contributed by atoms with Crippen LogP contribution in [-0.2, 0) is 6.54 Å². The van der Waals surface area contributed by atoms with Crippen molar-refractivity contribution >= 4 is 46.4 Å². The largest absolute Gasteiger partial charge is 0.497 e. The number of benzene rings is 1. The van der Waals surface area contributed by atoms with Crippen LogP contribution in [0.25, 0.3) is 0 Å². The van der Waals surface area contributed by atoms with Crippen LogP contribution in [0.15, 0.2) is 34.6 Å². The Hall–Kier alpha value is -1.59. The molecular weight excluding hydrogens is 523 g/mol. The van der Waals surface area contributed by atoms with E-state index in [1.165, 1.54) is 18.4 Å². The number of methoxy groups -OCH3 is 1. The van der Waals surface area contributed by atoms with Crippen molar-refractivity contribution in [3.8, 4) is 5.75 Å². The van der Waals surface area contributed by atoms with Gasteiger partial charge in [0.05, 0.1) is 25.4 Å². The molecular formula is C22H35IN6OS. The van der Waals surface area contributed by atoms with Crippen molar-refractivity contribution < 1.29 is 4.74 Å². The first kappa shape index (κ1) is 25.7. The van der Waals surface area contributed by atoms with Gasteiger partial charge in [0.2, 0.25) is 0 Å². The van der Waals surface area contributed by atoms with Gasteiger partial charge in [-0.2, -0.15) is 0 Å². The molecule has 31 heavy (non-hydrogen) atoms. The van der Waals surface area contributed by atoms with Gasteiger partial charge in [0.25, 0.3) is 0 Å². The molecule has 1 aliphatic heterocycles. The van der Waals surface area contributed by atoms with Crippen LogP contribution in [0.4, 0.5) is 5.13 Å². The predicted molar refractivity (Wildman–Crippen MR) is 141 cm³/mol. The number of guanidine groups is 1. The van der Waals surface area contributed by atoms with Crippen LogP contribution >= 0.6 is 35.3 Å². The van der Waals surface area contributed by atoms with Gasteiger partial charge in [0, 0.05) is 32.6 Å². The zero-order chi connectivity index (χ0) is 21.3. The minimum absolute atomic E-state index is 0. The average Bonchev–Trinajstić information content (AvgIpc) is 3.45. The van der Waals surface area contributed by atoms with Gasteiger partial charge < -0.3 is 20.3 Å². The van der Waals surface area contributed by atoms with Crippen LogP contribution in [0.5, 0.6) is 5.75 Å². The number of hydrogen-bond donors (Lipinski definition) is 2. The normalized spacial score (nSPS) is 15.3. The Morgan fingerprint density at radius 3 is 2.52 bits per heavy atom. The van der Waals surface area contributed by atoms with Crippen LogP contribution in [0.3, 0.4) is 0 Å². The molecule has 2 aromatic rings. The number of thiazole rings is 1. The Balaban J connectivity index is 0.00000341. The van der Waals surface area contributed by atoms with Gasteiger partial charge >= 0.3 is 0 Å². The van der Waals surface area contributed by atoms with E-state index in [1.807, 2.05) is 31.1 Å². The zero-order valence-electron chi connectivity index (χ0n) is 18.9. The second kappa shape index (κ2) is 13.1. The molecule has 0 radical (unpaired) electrons. The van der Waals surface area contributed by atoms with Gasteiger partial charge in [0.15, 0.2) is 11.1 Å². The molecule has 0 spiro atoms. The number of rotatable bonds is 9. The molecule has 3 rings (SSSR count). The summed E-state index contributed by atoms with van der Waals surface area (Å²) < 4.78 is 5.33. The number of aromatic nitrogens is 1. The number of hydrogen-bond acceptors (Lipinski definition) is 6. The van der Waals surface area contributed by atoms with Crippen LogP contribution in [0, 0.1) is 0 Å². The highest BCUT2D eigenvalue weighted by atomic mass is 127. The summed E-state index contributed by atoms with van der Waals surface area (Å²) in [7, 11) is 5.72. The molecule has 1 aliphatic rings. The summed E-state index contributed by atoms with van der Waals surface area (Å²) in [5.41, 5.74) is 2.29. The molecule has 1 aromatic carbocycles. The third-order valence-electron chi connectivity index (χ3n) is 5.21. The Morgan fingerprint density at radius 2 is 1.94 bits per heavy atom. The topological polar surface area (TPSA) is 65.0 Å². The molecule has 7 nitrogen and oxygen atoms in total. The van der Waals surface area contributed by atoms with Gasteiger partial charge in [-0.15, -0.1) is 35.3 Å². The SMILES string of the molecule is CCNC(=NCc1csc(N(C)C)n1)NCC(c1ccc(OC)cc1)N1CCCC1.I. The molecule has 0 aliphatic carbocycles. The molecule has 1 aromatic heterocycles. The van der Waals surface area contributed by atoms with E-state index in [0.29, 0.717) is 12.6 Å². The van der Waals surface area contributed by atoms with E-state index in [1.54, 1.807) is 18.4 Å². The highest BCUT2D eigenvalue weighted by Crippen LogP contribution is 2.26. The van der Waals surface area contributed by atoms with Gasteiger partial charge in [-0.3, -0.25) is 4.90 Å². The van der Waals surface area contributed by atoms with Gasteiger partial charge in [-0.25, -0.2) is 9.98 Å². The minimum atomic E-state index is 0. The maximum absolute atomic E-state index is 5.33. The minimum Gasteiger partial charge on any atom is -0.497 e. The van der Waals surface area contributed by atoms with E-state index >= 15 is 0 Å². The first-order valence-corrected chi connectivity index (χ1v) is 11.5. The fourth-order valence-corrected chi connectivity index (χ4v) is 4.36. The number of likely N-dealkylation sites (tertiary alicyclic amines) is 1. The van der Waals surface area contributed by atoms with Crippen molar-refractivity contribution in [3.05, 3.63) is 40.9 Å². The molecule has 0 saturated carbocycles. The summed E-state index contributed by atoms with van der Waals surface area (Å²) in [5, 5.41) is 10.0. The molecule has 1 unspecified atom stereocenters. The fraction of sp³-hybridized carbons (Fsp3) is 0.545. The highest BCUT2D eigenvalue weighted by molar-refractivity contribution is 14.0. The van der Waals surface area contributed by atoms with Gasteiger partial charge in [-0.05, 0) is 50.6 Å². The lowest BCUT2D eigenvalue weighted by Crippen LogP contribution is -2.42. The lowest BCUT2D eigenvalue weighted by molar-refractivity contribution is 0.245. The smallest absolute Gasteiger partial charge is 0.191 e. The number of ether oxygens (including phenoxy) is 1. The molecule has 1 saturated heterocycles. The van der Waals surface area contributed by atoms with Crippen LogP contribution < -0.4 is 20.3 Å². The number of halogens is 1. The summed E-state index contributed by atoms with van der Waals surface area (Å²) in [5.74, 6) is 1.72. The maximum atomic E-state index is 5.33. The van der Waals surface area contributed by atoms with Crippen molar-refractivity contribution in [3.63, 3.8) is 0 Å². The van der Waals surface area contributed by atoms with Gasteiger partial charge in [0.1, 0.15) is 5.75 Å². The highest BCUT2D eigenvalue weighted by Gasteiger charge is 2.23. The summed E-state index contributed by atoms with van der Waals surface area (Å²) in [6.45, 7) is 6.56. The standard InChI is InChI=1S/C22H34N6OS.HI/c1-5-23-21(24-14-18-16-30-22(26-18)27(2)3)25-15-20(28-12-6-7-13-28)17-8-10-19(29-4)11-9-17;/h8-11,16,20H,5-7,12-15H2,1-4H3,(H2,23,24,25);1H. The van der Waals surface area contributed by atoms with E-state index in [4.69, 9.17) is 9.73 Å². The van der Waals surface area contributed by atoms with E-state index < -0.39 is 0 Å². The van der Waals surface area contributed by atoms with Crippen LogP contribution in [0.1, 0.15) is 37.1 Å². The van der Waals surface area contributed by atoms with E-state index in [-0.39, 0.29) is 24.0 Å². The van der Waals surface area contributed by atoms with Crippen molar-refractivity contribution in [2.45, 2.75) is 32.4 Å². The van der Waals surface area contributed by atoms with Crippen molar-refractivity contribution in [2.75, 3.05) is 52.3 Å². The Bertz CT molecular complexity index is 805. The number of nitrogens with zero attached hydrogens (tertiary/aromatic N) is 4. The quantitative estimate of drug-likeness (QED) is 0.278. The summed E-state index contributed by atoms with van der Waals surface area (Å²) >= 11 is 1.65. The number of aliphatic imine (C=N–C) groups is 1. The average molecular weight is 559 g/mol. The van der Waals surface area contributed by atoms with Crippen LogP contribution in [-0.4, -0.2) is 63.2 Å². The second-order valence-electron chi connectivity index (χ2n) is 7.62. The van der Waals surface area contributed by atoms with Gasteiger partial charge in [-0.1, -0.05) is 12.1 Å². The zero-order valence-corrected chi connectivity index (χ0v) is 22.1. The summed E-state index contributed by atoms with van der Waals surface area (Å²) in [6, 6.07) is 8.74. The summed E-state index contributed by atoms with van der Waals surface area (Å²) in [6.07, 6.45) is 2.53. The lowest BCUT2D eigenvalue weighted by atomic mass is 10.1. The first-order chi connectivity index (χ1) is 14.6. The molecule has 2 N–H and O–H groups in total. The number of anilines is 1. The molecule has 1 fully saturated rings. The van der Waals surface area contributed by atoms with E-state index in [9.17, 15) is 0 Å². The third kappa shape index (κ3) is 7.50. The maximum Gasteiger partial charge on any atom is 0.191 e. The fourth-order valence-electron chi connectivity index (χ4n) is 3.61. The second-order valence-corrected chi connectivity index (χ2v) is 8.46. The third-order valence-corrected chi connectivity index (χ3v) is 6.27. The Kier molecular flexibility index (Phi) is 10.8. The molecule has 2 heterocycles. The van der Waals surface area contributed by atoms with E-state index in [2.05, 4.69) is 45.0 Å².